The van der Waals surface area contributed by atoms with Crippen molar-refractivity contribution >= 4 is 20.3 Å². The molecular formula is C47H52N5O9P. The minimum atomic E-state index is -1.80. The molecule has 0 saturated carbocycles. The molecule has 2 saturated heterocycles. The summed E-state index contributed by atoms with van der Waals surface area (Å²) in [6.07, 6.45) is -0.958. The highest BCUT2D eigenvalue weighted by molar-refractivity contribution is 7.44. The van der Waals surface area contributed by atoms with Crippen molar-refractivity contribution in [1.82, 2.24) is 14.2 Å². The molecule has 1 unspecified atom stereocenters. The lowest BCUT2D eigenvalue weighted by molar-refractivity contribution is -0.203. The number of carbonyl (C=O) groups is 1. The van der Waals surface area contributed by atoms with E-state index in [0.717, 1.165) is 16.7 Å². The number of amides is 1. The van der Waals surface area contributed by atoms with Gasteiger partial charge in [-0.15, -0.1) is 0 Å². The van der Waals surface area contributed by atoms with Crippen LogP contribution in [0.5, 0.6) is 11.5 Å². The lowest BCUT2D eigenvalue weighted by Crippen LogP contribution is -2.49. The SMILES string of the molecule is COc1ccc(C(OC[C@@]23CO[C@@H]([C@H](n4ccc(NC(=O)c5ccccc5)nc4=O)O2)[C@@H]3OP(OCCC#N)N(C(C)C)C(C)C)(c2ccccc2)c2ccc(OC)cc2)cc1. The second-order valence-electron chi connectivity index (χ2n) is 15.5. The maximum Gasteiger partial charge on any atom is 0.351 e. The summed E-state index contributed by atoms with van der Waals surface area (Å²) in [5, 5.41) is 12.2. The summed E-state index contributed by atoms with van der Waals surface area (Å²) in [7, 11) is 1.45. The van der Waals surface area contributed by atoms with Crippen molar-refractivity contribution in [3.8, 4) is 17.6 Å². The number of nitrogens with zero attached hydrogens (tertiary/aromatic N) is 4. The van der Waals surface area contributed by atoms with Crippen LogP contribution in [0.2, 0.25) is 0 Å². The first-order valence-electron chi connectivity index (χ1n) is 20.5. The number of nitriles is 1. The lowest BCUT2D eigenvalue weighted by atomic mass is 9.79. The van der Waals surface area contributed by atoms with E-state index in [4.69, 9.17) is 32.7 Å². The van der Waals surface area contributed by atoms with E-state index >= 15 is 0 Å². The van der Waals surface area contributed by atoms with Gasteiger partial charge in [0.05, 0.1) is 46.5 Å². The number of ether oxygens (including phenoxy) is 5. The second-order valence-corrected chi connectivity index (χ2v) is 16.9. The smallest absolute Gasteiger partial charge is 0.351 e. The van der Waals surface area contributed by atoms with E-state index in [1.54, 1.807) is 44.6 Å². The molecule has 324 valence electrons. The molecule has 15 heteroatoms. The third-order valence-electron chi connectivity index (χ3n) is 10.9. The number of carbonyl (C=O) groups excluding carboxylic acids is 1. The number of nitrogens with one attached hydrogen (secondary N) is 1. The quantitative estimate of drug-likeness (QED) is 0.0488. The first kappa shape index (κ1) is 44.6. The van der Waals surface area contributed by atoms with Crippen LogP contribution < -0.4 is 20.5 Å². The van der Waals surface area contributed by atoms with Gasteiger partial charge in [0.25, 0.3) is 14.4 Å². The van der Waals surface area contributed by atoms with Gasteiger partial charge in [-0.1, -0.05) is 72.8 Å². The molecule has 1 N–H and O–H groups in total. The summed E-state index contributed by atoms with van der Waals surface area (Å²) in [6.45, 7) is 8.38. The molecule has 62 heavy (non-hydrogen) atoms. The maximum absolute atomic E-state index is 13.9. The Bertz CT molecular complexity index is 2310. The monoisotopic (exact) mass is 861 g/mol. The fourth-order valence-corrected chi connectivity index (χ4v) is 9.84. The summed E-state index contributed by atoms with van der Waals surface area (Å²) in [5.74, 6) is 1.04. The van der Waals surface area contributed by atoms with Crippen LogP contribution in [0.4, 0.5) is 5.82 Å². The Labute approximate surface area is 363 Å². The van der Waals surface area contributed by atoms with Crippen LogP contribution in [0.15, 0.2) is 126 Å². The molecule has 2 aliphatic heterocycles. The molecule has 2 fully saturated rings. The van der Waals surface area contributed by atoms with E-state index in [9.17, 15) is 14.9 Å². The van der Waals surface area contributed by atoms with Crippen molar-refractivity contribution in [2.75, 3.05) is 39.4 Å². The number of fused-ring (bicyclic) bond motifs is 2. The van der Waals surface area contributed by atoms with Crippen molar-refractivity contribution in [2.45, 2.75) is 75.8 Å². The molecule has 5 aromatic rings. The standard InChI is InChI=1S/C47H52N5O9P/c1-32(2)52(33(3)4)62(59-29-13-27-48)61-42-41-44(51-28-26-40(50-45(51)54)49-43(53)34-14-9-7-10-15-34)60-46(42,30-57-41)31-58-47(35-16-11-8-12-17-35,36-18-22-38(55-5)23-19-36)37-20-24-39(56-6)25-21-37/h7-12,14-26,28,32-33,41-42,44H,13,29-31H2,1-6H3,(H,49,50,53,54)/t41-,42+,44-,46-,62?/m1/s1. The van der Waals surface area contributed by atoms with Crippen LogP contribution in [0.25, 0.3) is 0 Å². The summed E-state index contributed by atoms with van der Waals surface area (Å²) in [6, 6.07) is 37.8. The molecule has 14 nitrogen and oxygen atoms in total. The van der Waals surface area contributed by atoms with Crippen LogP contribution in [-0.4, -0.2) is 84.1 Å². The highest BCUT2D eigenvalue weighted by Gasteiger charge is 2.65. The summed E-state index contributed by atoms with van der Waals surface area (Å²) in [5.41, 5.74) is -0.286. The van der Waals surface area contributed by atoms with Gasteiger partial charge in [-0.25, -0.2) is 9.46 Å². The maximum atomic E-state index is 13.9. The molecule has 4 aromatic carbocycles. The Morgan fingerprint density at radius 3 is 2.03 bits per heavy atom. The Morgan fingerprint density at radius 2 is 1.48 bits per heavy atom. The van der Waals surface area contributed by atoms with Crippen molar-refractivity contribution in [2.24, 2.45) is 0 Å². The molecule has 0 spiro atoms. The molecule has 0 aliphatic carbocycles. The van der Waals surface area contributed by atoms with Gasteiger partial charge in [-0.2, -0.15) is 10.2 Å². The largest absolute Gasteiger partial charge is 0.497 e. The third-order valence-corrected chi connectivity index (χ3v) is 13.0. The van der Waals surface area contributed by atoms with E-state index in [-0.39, 0.29) is 44.1 Å². The number of hydrogen-bond donors (Lipinski definition) is 1. The van der Waals surface area contributed by atoms with Crippen LogP contribution in [0.1, 0.15) is 67.4 Å². The van der Waals surface area contributed by atoms with E-state index in [2.05, 4.69) is 48.7 Å². The van der Waals surface area contributed by atoms with Crippen LogP contribution in [0.3, 0.4) is 0 Å². The molecular weight excluding hydrogens is 810 g/mol. The van der Waals surface area contributed by atoms with Gasteiger partial charge < -0.3 is 38.0 Å². The van der Waals surface area contributed by atoms with Gasteiger partial charge in [-0.05, 0) is 86.8 Å². The number of aromatic nitrogens is 2. The van der Waals surface area contributed by atoms with E-state index in [0.29, 0.717) is 17.1 Å². The van der Waals surface area contributed by atoms with E-state index < -0.39 is 49.8 Å². The van der Waals surface area contributed by atoms with Gasteiger partial charge in [0.2, 0.25) is 0 Å². The van der Waals surface area contributed by atoms with Crippen molar-refractivity contribution in [3.63, 3.8) is 0 Å². The molecule has 7 rings (SSSR count). The van der Waals surface area contributed by atoms with Gasteiger partial charge in [0, 0.05) is 23.8 Å². The van der Waals surface area contributed by atoms with Crippen LogP contribution in [0, 0.1) is 11.3 Å². The number of methoxy groups -OCH3 is 2. The van der Waals surface area contributed by atoms with Gasteiger partial charge in [0.1, 0.15) is 40.7 Å². The zero-order chi connectivity index (χ0) is 43.9. The molecule has 0 radical (unpaired) electrons. The van der Waals surface area contributed by atoms with Crippen LogP contribution in [-0.2, 0) is 28.9 Å². The Hall–Kier alpha value is -5.49. The average Bonchev–Trinajstić information content (AvgIpc) is 3.78. The first-order valence-corrected chi connectivity index (χ1v) is 21.6. The summed E-state index contributed by atoms with van der Waals surface area (Å²) in [4.78, 5) is 31.1. The number of anilines is 1. The zero-order valence-electron chi connectivity index (χ0n) is 35.7. The zero-order valence-corrected chi connectivity index (χ0v) is 36.6. The predicted molar refractivity (Wildman–Crippen MR) is 234 cm³/mol. The van der Waals surface area contributed by atoms with E-state index in [1.165, 1.54) is 10.8 Å². The normalized spacial score (nSPS) is 20.0. The molecule has 2 aliphatic rings. The molecule has 1 amide bonds. The van der Waals surface area contributed by atoms with Gasteiger partial charge in [-0.3, -0.25) is 9.36 Å². The molecule has 1 aromatic heterocycles. The van der Waals surface area contributed by atoms with E-state index in [1.807, 2.05) is 84.9 Å². The predicted octanol–water partition coefficient (Wildman–Crippen LogP) is 7.85. The minimum Gasteiger partial charge on any atom is -0.497 e. The Morgan fingerprint density at radius 1 is 0.903 bits per heavy atom. The highest BCUT2D eigenvalue weighted by Crippen LogP contribution is 2.56. The number of benzene rings is 4. The molecule has 3 heterocycles. The molecule has 2 bridgehead atoms. The minimum absolute atomic E-state index is 0.00780. The fourth-order valence-electron chi connectivity index (χ4n) is 8.03. The van der Waals surface area contributed by atoms with Gasteiger partial charge >= 0.3 is 5.69 Å². The summed E-state index contributed by atoms with van der Waals surface area (Å²) >= 11 is 0. The first-order chi connectivity index (χ1) is 30.0. The van der Waals surface area contributed by atoms with Crippen molar-refractivity contribution in [1.29, 1.82) is 5.26 Å². The molecule has 5 atom stereocenters. The fraction of sp³-hybridized carbons (Fsp3) is 0.362. The number of rotatable bonds is 19. The van der Waals surface area contributed by atoms with Crippen molar-refractivity contribution < 1.29 is 37.5 Å². The van der Waals surface area contributed by atoms with Crippen molar-refractivity contribution in [3.05, 3.63) is 154 Å². The topological polar surface area (TPSA) is 156 Å². The Kier molecular flexibility index (Phi) is 14.2. The summed E-state index contributed by atoms with van der Waals surface area (Å²) < 4.78 is 49.1. The Balaban J connectivity index is 1.31. The average molecular weight is 862 g/mol. The highest BCUT2D eigenvalue weighted by atomic mass is 31.2. The third kappa shape index (κ3) is 9.16. The van der Waals surface area contributed by atoms with Gasteiger partial charge in [0.15, 0.2) is 6.23 Å². The van der Waals surface area contributed by atoms with Crippen LogP contribution >= 0.6 is 8.53 Å². The number of hydrogen-bond acceptors (Lipinski definition) is 12. The lowest BCUT2D eigenvalue weighted by Gasteiger charge is -2.41. The second kappa shape index (κ2) is 19.7.